The molecule has 30 heavy (non-hydrogen) atoms. The number of hydrogen-bond donors (Lipinski definition) is 1. The molecule has 4 atom stereocenters. The molecule has 1 saturated heterocycles. The first-order valence-electron chi connectivity index (χ1n) is 10.2. The van der Waals surface area contributed by atoms with E-state index in [1.807, 2.05) is 0 Å². The van der Waals surface area contributed by atoms with Crippen LogP contribution in [0, 0.1) is 46.1 Å². The Kier molecular flexibility index (Phi) is 5.61. The SMILES string of the molecule is N#Cc1ccc(-c2ccc(CC(C#N)CC(=O)[C@H]3N[C@@H]4CC[C@H]3C4)c(F)c2)cc1F. The minimum Gasteiger partial charge on any atom is -0.304 e. The van der Waals surface area contributed by atoms with Crippen LogP contribution < -0.4 is 5.32 Å². The van der Waals surface area contributed by atoms with E-state index in [-0.39, 0.29) is 30.2 Å². The second kappa shape index (κ2) is 8.34. The highest BCUT2D eigenvalue weighted by molar-refractivity contribution is 5.85. The van der Waals surface area contributed by atoms with Crippen LogP contribution in [0.25, 0.3) is 11.1 Å². The van der Waals surface area contributed by atoms with Crippen LogP contribution in [0.5, 0.6) is 0 Å². The Morgan fingerprint density at radius 3 is 2.40 bits per heavy atom. The summed E-state index contributed by atoms with van der Waals surface area (Å²) >= 11 is 0. The Balaban J connectivity index is 1.45. The minimum absolute atomic E-state index is 0.0406. The van der Waals surface area contributed by atoms with Gasteiger partial charge in [0.05, 0.1) is 23.6 Å². The molecule has 1 unspecified atom stereocenters. The van der Waals surface area contributed by atoms with Gasteiger partial charge in [-0.05, 0) is 66.5 Å². The van der Waals surface area contributed by atoms with E-state index in [1.54, 1.807) is 24.3 Å². The molecule has 152 valence electrons. The Morgan fingerprint density at radius 2 is 1.83 bits per heavy atom. The number of carbonyl (C=O) groups excluding carboxylic acids is 1. The van der Waals surface area contributed by atoms with Gasteiger partial charge in [-0.1, -0.05) is 18.2 Å². The van der Waals surface area contributed by atoms with Crippen molar-refractivity contribution in [1.82, 2.24) is 5.32 Å². The second-order valence-corrected chi connectivity index (χ2v) is 8.23. The van der Waals surface area contributed by atoms with Crippen molar-refractivity contribution in [2.75, 3.05) is 0 Å². The molecule has 0 radical (unpaired) electrons. The molecular weight excluding hydrogens is 384 g/mol. The molecule has 2 fully saturated rings. The molecule has 6 heteroatoms. The molecule has 4 rings (SSSR count). The molecule has 1 heterocycles. The molecule has 0 aromatic heterocycles. The summed E-state index contributed by atoms with van der Waals surface area (Å²) < 4.78 is 28.5. The van der Waals surface area contributed by atoms with E-state index in [2.05, 4.69) is 11.4 Å². The van der Waals surface area contributed by atoms with Crippen molar-refractivity contribution in [3.05, 3.63) is 59.2 Å². The summed E-state index contributed by atoms with van der Waals surface area (Å²) in [5.74, 6) is -1.34. The highest BCUT2D eigenvalue weighted by Gasteiger charge is 2.42. The van der Waals surface area contributed by atoms with Crippen molar-refractivity contribution in [2.24, 2.45) is 11.8 Å². The van der Waals surface area contributed by atoms with Crippen LogP contribution in [0.2, 0.25) is 0 Å². The third-order valence-corrected chi connectivity index (χ3v) is 6.28. The number of benzene rings is 2. The number of nitrogens with one attached hydrogen (secondary N) is 1. The topological polar surface area (TPSA) is 76.7 Å². The fourth-order valence-corrected chi connectivity index (χ4v) is 4.69. The van der Waals surface area contributed by atoms with E-state index >= 15 is 0 Å². The summed E-state index contributed by atoms with van der Waals surface area (Å²) in [6.07, 6.45) is 3.45. The van der Waals surface area contributed by atoms with Crippen LogP contribution in [-0.4, -0.2) is 17.9 Å². The maximum absolute atomic E-state index is 14.7. The molecule has 1 saturated carbocycles. The molecule has 2 aliphatic rings. The summed E-state index contributed by atoms with van der Waals surface area (Å²) in [5, 5.41) is 21.7. The number of Topliss-reactive ketones (excluding diaryl/α,β-unsaturated/α-hetero) is 1. The van der Waals surface area contributed by atoms with Crippen LogP contribution in [0.15, 0.2) is 36.4 Å². The van der Waals surface area contributed by atoms with Gasteiger partial charge in [0.15, 0.2) is 5.78 Å². The standard InChI is InChI=1S/C24H21F2N3O/c25-21-10-15(16-2-4-19(13-28)22(26)11-16)1-3-17(21)7-14(12-27)8-23(30)24-18-5-6-20(9-18)29-24/h1-4,10-11,14,18,20,24,29H,5-9H2/t14?,18-,20+,24-/m0/s1. The third-order valence-electron chi connectivity index (χ3n) is 6.28. The van der Waals surface area contributed by atoms with Crippen molar-refractivity contribution < 1.29 is 13.6 Å². The lowest BCUT2D eigenvalue weighted by Gasteiger charge is -2.22. The Morgan fingerprint density at radius 1 is 1.10 bits per heavy atom. The quantitative estimate of drug-likeness (QED) is 0.778. The van der Waals surface area contributed by atoms with Crippen LogP contribution >= 0.6 is 0 Å². The monoisotopic (exact) mass is 405 g/mol. The Bertz CT molecular complexity index is 1070. The Labute approximate surface area is 174 Å². The average molecular weight is 405 g/mol. The van der Waals surface area contributed by atoms with Gasteiger partial charge >= 0.3 is 0 Å². The zero-order valence-electron chi connectivity index (χ0n) is 16.4. The van der Waals surface area contributed by atoms with Gasteiger partial charge in [0, 0.05) is 12.5 Å². The third kappa shape index (κ3) is 3.97. The summed E-state index contributed by atoms with van der Waals surface area (Å²) in [4.78, 5) is 12.6. The largest absolute Gasteiger partial charge is 0.304 e. The summed E-state index contributed by atoms with van der Waals surface area (Å²) in [6, 6.07) is 12.8. The van der Waals surface area contributed by atoms with Gasteiger partial charge in [0.25, 0.3) is 0 Å². The fourth-order valence-electron chi connectivity index (χ4n) is 4.69. The lowest BCUT2D eigenvalue weighted by Crippen LogP contribution is -2.42. The first-order chi connectivity index (χ1) is 14.5. The number of nitriles is 2. The first kappa shape index (κ1) is 20.2. The molecule has 1 N–H and O–H groups in total. The van der Waals surface area contributed by atoms with Crippen LogP contribution in [0.4, 0.5) is 8.78 Å². The maximum atomic E-state index is 14.7. The highest BCUT2D eigenvalue weighted by atomic mass is 19.1. The van der Waals surface area contributed by atoms with Gasteiger partial charge in [-0.2, -0.15) is 10.5 Å². The molecule has 2 aromatic rings. The predicted molar refractivity (Wildman–Crippen MR) is 107 cm³/mol. The highest BCUT2D eigenvalue weighted by Crippen LogP contribution is 2.36. The maximum Gasteiger partial charge on any atom is 0.151 e. The van der Waals surface area contributed by atoms with Gasteiger partial charge in [0.1, 0.15) is 17.7 Å². The molecule has 4 nitrogen and oxygen atoms in total. The van der Waals surface area contributed by atoms with E-state index in [1.165, 1.54) is 18.2 Å². The van der Waals surface area contributed by atoms with Gasteiger partial charge in [-0.25, -0.2) is 8.78 Å². The van der Waals surface area contributed by atoms with E-state index in [9.17, 15) is 18.8 Å². The summed E-state index contributed by atoms with van der Waals surface area (Å²) in [7, 11) is 0. The lowest BCUT2D eigenvalue weighted by molar-refractivity contribution is -0.122. The number of ketones is 1. The van der Waals surface area contributed by atoms with Gasteiger partial charge < -0.3 is 5.32 Å². The van der Waals surface area contributed by atoms with Gasteiger partial charge in [-0.15, -0.1) is 0 Å². The fraction of sp³-hybridized carbons (Fsp3) is 0.375. The normalized spacial score (nSPS) is 23.0. The zero-order chi connectivity index (χ0) is 21.3. The summed E-state index contributed by atoms with van der Waals surface area (Å²) in [5.41, 5.74) is 1.23. The van der Waals surface area contributed by atoms with Crippen molar-refractivity contribution in [3.8, 4) is 23.3 Å². The molecule has 2 aromatic carbocycles. The smallest absolute Gasteiger partial charge is 0.151 e. The van der Waals surface area contributed by atoms with E-state index in [0.717, 1.165) is 19.3 Å². The Hall–Kier alpha value is -3.09. The summed E-state index contributed by atoms with van der Waals surface area (Å²) in [6.45, 7) is 0. The first-order valence-corrected chi connectivity index (χ1v) is 10.2. The molecule has 0 spiro atoms. The average Bonchev–Trinajstić information content (AvgIpc) is 3.38. The number of hydrogen-bond acceptors (Lipinski definition) is 4. The molecule has 1 aliphatic carbocycles. The number of fused-ring (bicyclic) bond motifs is 2. The number of piperidine rings is 1. The molecule has 2 bridgehead atoms. The number of nitrogens with zero attached hydrogens (tertiary/aromatic N) is 2. The zero-order valence-corrected chi connectivity index (χ0v) is 16.4. The molecule has 0 amide bonds. The number of carbonyl (C=O) groups is 1. The van der Waals surface area contributed by atoms with Crippen molar-refractivity contribution in [3.63, 3.8) is 0 Å². The second-order valence-electron chi connectivity index (χ2n) is 8.23. The van der Waals surface area contributed by atoms with E-state index in [4.69, 9.17) is 5.26 Å². The van der Waals surface area contributed by atoms with Gasteiger partial charge in [0.2, 0.25) is 0 Å². The van der Waals surface area contributed by atoms with Crippen molar-refractivity contribution in [2.45, 2.75) is 44.2 Å². The lowest BCUT2D eigenvalue weighted by atomic mass is 9.88. The predicted octanol–water partition coefficient (Wildman–Crippen LogP) is 4.29. The van der Waals surface area contributed by atoms with Crippen LogP contribution in [-0.2, 0) is 11.2 Å². The number of rotatable bonds is 6. The van der Waals surface area contributed by atoms with Crippen LogP contribution in [0.3, 0.4) is 0 Å². The van der Waals surface area contributed by atoms with E-state index < -0.39 is 17.6 Å². The minimum atomic E-state index is -0.656. The van der Waals surface area contributed by atoms with Crippen LogP contribution in [0.1, 0.15) is 36.8 Å². The van der Waals surface area contributed by atoms with E-state index in [0.29, 0.717) is 28.7 Å². The van der Waals surface area contributed by atoms with Crippen molar-refractivity contribution in [1.29, 1.82) is 10.5 Å². The van der Waals surface area contributed by atoms with Gasteiger partial charge in [-0.3, -0.25) is 4.79 Å². The number of halogens is 2. The molecular formula is C24H21F2N3O. The molecule has 1 aliphatic heterocycles. The van der Waals surface area contributed by atoms with Crippen molar-refractivity contribution >= 4 is 5.78 Å².